The molecule has 2 aliphatic heterocycles. The zero-order valence-corrected chi connectivity index (χ0v) is 35.3. The fourth-order valence-electron chi connectivity index (χ4n) is 11.3. The molecule has 1 spiro atoms. The van der Waals surface area contributed by atoms with Crippen molar-refractivity contribution in [2.75, 3.05) is 4.90 Å². The van der Waals surface area contributed by atoms with Gasteiger partial charge in [0.1, 0.15) is 11.5 Å². The predicted molar refractivity (Wildman–Crippen MR) is 267 cm³/mol. The number of rotatable bonds is 5. The van der Waals surface area contributed by atoms with Crippen molar-refractivity contribution < 1.29 is 4.74 Å². The number of para-hydroxylation sites is 6. The summed E-state index contributed by atoms with van der Waals surface area (Å²) in [5.74, 6) is 1.78. The monoisotopic (exact) mass is 829 g/mol. The Hall–Kier alpha value is -8.60. The highest BCUT2D eigenvalue weighted by molar-refractivity contribution is 6.15. The van der Waals surface area contributed by atoms with Crippen molar-refractivity contribution in [3.8, 4) is 34.0 Å². The van der Waals surface area contributed by atoms with Gasteiger partial charge in [0, 0.05) is 50.0 Å². The van der Waals surface area contributed by atoms with Crippen LogP contribution >= 0.6 is 0 Å². The summed E-state index contributed by atoms with van der Waals surface area (Å²) in [5.41, 5.74) is 16.8. The fourth-order valence-corrected chi connectivity index (χ4v) is 11.3. The molecule has 1 atom stereocenters. The van der Waals surface area contributed by atoms with Crippen molar-refractivity contribution in [1.29, 1.82) is 0 Å². The van der Waals surface area contributed by atoms with Gasteiger partial charge in [-0.15, -0.1) is 0 Å². The highest BCUT2D eigenvalue weighted by atomic mass is 16.5. The van der Waals surface area contributed by atoms with Crippen LogP contribution in [0.15, 0.2) is 237 Å². The van der Waals surface area contributed by atoms with E-state index in [1.165, 1.54) is 49.7 Å². The summed E-state index contributed by atoms with van der Waals surface area (Å²) < 4.78 is 12.2. The molecule has 12 aromatic rings. The van der Waals surface area contributed by atoms with E-state index in [1.807, 2.05) is 0 Å². The molecule has 0 aliphatic carbocycles. The molecule has 0 N–H and O–H groups in total. The van der Waals surface area contributed by atoms with Gasteiger partial charge in [-0.25, -0.2) is 0 Å². The second kappa shape index (κ2) is 13.7. The van der Waals surface area contributed by atoms with Gasteiger partial charge < -0.3 is 18.8 Å². The molecular formula is C61H39N3O. The Labute approximate surface area is 376 Å². The lowest BCUT2D eigenvalue weighted by Crippen LogP contribution is -2.37. The summed E-state index contributed by atoms with van der Waals surface area (Å²) in [5, 5.41) is 4.78. The number of anilines is 3. The lowest BCUT2D eigenvalue weighted by atomic mass is 9.61. The van der Waals surface area contributed by atoms with Gasteiger partial charge in [-0.05, 0) is 101 Å². The molecule has 0 saturated carbocycles. The first-order valence-electron chi connectivity index (χ1n) is 22.3. The number of nitrogens with zero attached hydrogens (tertiary/aromatic N) is 3. The summed E-state index contributed by atoms with van der Waals surface area (Å²) in [6, 6.07) is 85.9. The van der Waals surface area contributed by atoms with Crippen LogP contribution in [0.3, 0.4) is 0 Å². The van der Waals surface area contributed by atoms with Crippen molar-refractivity contribution in [1.82, 2.24) is 9.13 Å². The lowest BCUT2D eigenvalue weighted by molar-refractivity contribution is 0.439. The summed E-state index contributed by atoms with van der Waals surface area (Å²) in [7, 11) is 0. The Morgan fingerprint density at radius 3 is 1.71 bits per heavy atom. The average Bonchev–Trinajstić information content (AvgIpc) is 3.90. The molecule has 0 bridgehead atoms. The van der Waals surface area contributed by atoms with E-state index < -0.39 is 5.41 Å². The van der Waals surface area contributed by atoms with Crippen LogP contribution in [0, 0.1) is 0 Å². The molecule has 304 valence electrons. The molecule has 4 heterocycles. The first-order chi connectivity index (χ1) is 32.3. The number of hydrogen-bond acceptors (Lipinski definition) is 2. The predicted octanol–water partition coefficient (Wildman–Crippen LogP) is 15.8. The standard InChI is InChI=1S/C61H39N3O/c1-3-16-40(17-4-1)41-30-32-43(33-31-41)62(42-18-5-2-6-19-42)44-34-36-45(37-35-44)63-54-27-12-8-21-48(54)58-56(63)39-38-52-60(58)65-57-29-14-10-24-50(57)61(52)49-23-9-13-28-55(49)64-53-26-11-7-20-46(53)47-22-15-25-51(61)59(47)64/h1-39H. The molecule has 4 heteroatoms. The fraction of sp³-hybridized carbons (Fsp3) is 0.0164. The Bertz CT molecular complexity index is 3850. The average molecular weight is 830 g/mol. The molecule has 0 amide bonds. The van der Waals surface area contributed by atoms with E-state index in [2.05, 4.69) is 251 Å². The van der Waals surface area contributed by atoms with Crippen LogP contribution in [0.25, 0.3) is 66.1 Å². The molecule has 2 aliphatic rings. The maximum Gasteiger partial charge on any atom is 0.142 e. The Balaban J connectivity index is 0.978. The summed E-state index contributed by atoms with van der Waals surface area (Å²) in [6.45, 7) is 0. The number of hydrogen-bond donors (Lipinski definition) is 0. The van der Waals surface area contributed by atoms with E-state index in [4.69, 9.17) is 4.74 Å². The van der Waals surface area contributed by atoms with Gasteiger partial charge >= 0.3 is 0 Å². The number of ether oxygens (including phenoxy) is 1. The van der Waals surface area contributed by atoms with Crippen LogP contribution in [-0.4, -0.2) is 9.13 Å². The number of benzene rings is 10. The van der Waals surface area contributed by atoms with E-state index >= 15 is 0 Å². The Kier molecular flexibility index (Phi) is 7.57. The van der Waals surface area contributed by atoms with Gasteiger partial charge in [0.05, 0.1) is 38.6 Å². The van der Waals surface area contributed by atoms with Crippen LogP contribution in [0.4, 0.5) is 17.1 Å². The first-order valence-corrected chi connectivity index (χ1v) is 22.3. The second-order valence-electron chi connectivity index (χ2n) is 17.2. The third-order valence-electron chi connectivity index (χ3n) is 14.0. The molecule has 0 fully saturated rings. The van der Waals surface area contributed by atoms with Gasteiger partial charge in [0.2, 0.25) is 0 Å². The highest BCUT2D eigenvalue weighted by Gasteiger charge is 2.50. The summed E-state index contributed by atoms with van der Waals surface area (Å²) in [4.78, 5) is 2.33. The van der Waals surface area contributed by atoms with Crippen molar-refractivity contribution in [3.63, 3.8) is 0 Å². The van der Waals surface area contributed by atoms with Crippen molar-refractivity contribution in [2.24, 2.45) is 0 Å². The lowest BCUT2D eigenvalue weighted by Gasteiger charge is -2.45. The summed E-state index contributed by atoms with van der Waals surface area (Å²) >= 11 is 0. The molecule has 0 saturated heterocycles. The van der Waals surface area contributed by atoms with E-state index in [1.54, 1.807) is 0 Å². The minimum Gasteiger partial charge on any atom is -0.456 e. The number of aromatic nitrogens is 2. The largest absolute Gasteiger partial charge is 0.456 e. The van der Waals surface area contributed by atoms with E-state index in [-0.39, 0.29) is 0 Å². The van der Waals surface area contributed by atoms with Crippen molar-refractivity contribution >= 4 is 60.7 Å². The van der Waals surface area contributed by atoms with Gasteiger partial charge in [-0.3, -0.25) is 0 Å². The van der Waals surface area contributed by atoms with Crippen molar-refractivity contribution in [2.45, 2.75) is 5.41 Å². The van der Waals surface area contributed by atoms with Crippen molar-refractivity contribution in [3.05, 3.63) is 259 Å². The quantitative estimate of drug-likeness (QED) is 0.172. The summed E-state index contributed by atoms with van der Waals surface area (Å²) in [6.07, 6.45) is 0. The first kappa shape index (κ1) is 35.9. The molecule has 65 heavy (non-hydrogen) atoms. The minimum atomic E-state index is -0.649. The zero-order valence-electron chi connectivity index (χ0n) is 35.3. The third-order valence-corrected chi connectivity index (χ3v) is 14.0. The number of fused-ring (bicyclic) bond motifs is 15. The molecule has 4 nitrogen and oxygen atoms in total. The topological polar surface area (TPSA) is 22.3 Å². The highest BCUT2D eigenvalue weighted by Crippen LogP contribution is 2.62. The van der Waals surface area contributed by atoms with E-state index in [0.29, 0.717) is 0 Å². The molecule has 14 rings (SSSR count). The van der Waals surface area contributed by atoms with Crippen LogP contribution in [0.1, 0.15) is 22.3 Å². The molecule has 10 aromatic carbocycles. The normalized spacial score (nSPS) is 14.6. The molecule has 0 radical (unpaired) electrons. The van der Waals surface area contributed by atoms with Gasteiger partial charge in [-0.1, -0.05) is 158 Å². The second-order valence-corrected chi connectivity index (χ2v) is 17.2. The van der Waals surface area contributed by atoms with Gasteiger partial charge in [0.25, 0.3) is 0 Å². The molecular weight excluding hydrogens is 791 g/mol. The van der Waals surface area contributed by atoms with Gasteiger partial charge in [0.15, 0.2) is 0 Å². The van der Waals surface area contributed by atoms with Gasteiger partial charge in [-0.2, -0.15) is 0 Å². The third kappa shape index (κ3) is 4.96. The minimum absolute atomic E-state index is 0.649. The van der Waals surface area contributed by atoms with Crippen LogP contribution in [0.5, 0.6) is 11.5 Å². The molecule has 1 unspecified atom stereocenters. The van der Waals surface area contributed by atoms with Crippen LogP contribution < -0.4 is 9.64 Å². The Morgan fingerprint density at radius 1 is 0.354 bits per heavy atom. The smallest absolute Gasteiger partial charge is 0.142 e. The zero-order chi connectivity index (χ0) is 42.6. The molecule has 2 aromatic heterocycles. The Morgan fingerprint density at radius 2 is 0.923 bits per heavy atom. The SMILES string of the molecule is c1ccc(-c2ccc(N(c3ccccc3)c3ccc(-n4c5ccccc5c5c6c(ccc54)C4(c5ccccc5O6)c5ccccc5-n5c6ccccc6c6cccc4c65)cc3)cc2)cc1. The van der Waals surface area contributed by atoms with Crippen LogP contribution in [0.2, 0.25) is 0 Å². The van der Waals surface area contributed by atoms with E-state index in [9.17, 15) is 0 Å². The maximum absolute atomic E-state index is 7.29. The van der Waals surface area contributed by atoms with E-state index in [0.717, 1.165) is 67.2 Å². The maximum atomic E-state index is 7.29. The van der Waals surface area contributed by atoms with Crippen LogP contribution in [-0.2, 0) is 5.41 Å².